The quantitative estimate of drug-likeness (QED) is 0.325. The number of guanidine groups is 1. The number of aliphatic imine (C=N–C) groups is 1. The van der Waals surface area contributed by atoms with Crippen LogP contribution in [0.25, 0.3) is 0 Å². The van der Waals surface area contributed by atoms with Crippen molar-refractivity contribution in [2.24, 2.45) is 4.99 Å². The molecule has 1 aromatic rings. The molecule has 154 valence electrons. The van der Waals surface area contributed by atoms with E-state index in [0.717, 1.165) is 70.0 Å². The van der Waals surface area contributed by atoms with Crippen molar-refractivity contribution in [1.29, 1.82) is 0 Å². The molecule has 7 heteroatoms. The Hall–Kier alpha value is -0.800. The second kappa shape index (κ2) is 11.9. The summed E-state index contributed by atoms with van der Waals surface area (Å²) in [5.74, 6) is 1.87. The lowest BCUT2D eigenvalue weighted by Gasteiger charge is -2.41. The zero-order chi connectivity index (χ0) is 18.2. The third-order valence-electron chi connectivity index (χ3n) is 5.59. The molecule has 6 nitrogen and oxygen atoms in total. The highest BCUT2D eigenvalue weighted by Gasteiger charge is 2.31. The highest BCUT2D eigenvalue weighted by atomic mass is 127. The molecule has 1 aromatic heterocycles. The second-order valence-electron chi connectivity index (χ2n) is 7.46. The van der Waals surface area contributed by atoms with Crippen molar-refractivity contribution in [2.45, 2.75) is 70.1 Å². The SMILES string of the molecule is CCNC(=NCCc1ccco1)NC1CCN(C2CCCCC2O)CC1.I. The van der Waals surface area contributed by atoms with Gasteiger partial charge in [-0.25, -0.2) is 0 Å². The van der Waals surface area contributed by atoms with Gasteiger partial charge in [-0.1, -0.05) is 12.8 Å². The van der Waals surface area contributed by atoms with Crippen molar-refractivity contribution in [2.75, 3.05) is 26.2 Å². The van der Waals surface area contributed by atoms with Gasteiger partial charge in [-0.15, -0.1) is 24.0 Å². The molecular formula is C20H35IN4O2. The normalized spacial score (nSPS) is 25.0. The van der Waals surface area contributed by atoms with Crippen molar-refractivity contribution >= 4 is 29.9 Å². The van der Waals surface area contributed by atoms with Gasteiger partial charge in [0.05, 0.1) is 12.4 Å². The van der Waals surface area contributed by atoms with E-state index in [9.17, 15) is 5.11 Å². The highest BCUT2D eigenvalue weighted by Crippen LogP contribution is 2.25. The van der Waals surface area contributed by atoms with Crippen LogP contribution in [0.4, 0.5) is 0 Å². The Morgan fingerprint density at radius 2 is 2.04 bits per heavy atom. The van der Waals surface area contributed by atoms with Crippen LogP contribution in [0.2, 0.25) is 0 Å². The number of likely N-dealkylation sites (tertiary alicyclic amines) is 1. The van der Waals surface area contributed by atoms with Crippen LogP contribution in [0.5, 0.6) is 0 Å². The number of rotatable bonds is 6. The van der Waals surface area contributed by atoms with Crippen molar-refractivity contribution in [3.63, 3.8) is 0 Å². The van der Waals surface area contributed by atoms with Gasteiger partial charge in [-0.2, -0.15) is 0 Å². The molecular weight excluding hydrogens is 455 g/mol. The van der Waals surface area contributed by atoms with Gasteiger partial charge in [0.1, 0.15) is 5.76 Å². The summed E-state index contributed by atoms with van der Waals surface area (Å²) < 4.78 is 5.37. The van der Waals surface area contributed by atoms with E-state index in [1.165, 1.54) is 12.8 Å². The van der Waals surface area contributed by atoms with Crippen LogP contribution in [-0.2, 0) is 6.42 Å². The molecule has 2 unspecified atom stereocenters. The standard InChI is InChI=1S/C20H34N4O2.HI/c1-2-21-20(22-12-9-17-6-5-15-26-17)23-16-10-13-24(14-11-16)18-7-3-4-8-19(18)25;/h5-6,15-16,18-19,25H,2-4,7-14H2,1H3,(H2,21,22,23);1H. The molecule has 27 heavy (non-hydrogen) atoms. The van der Waals surface area contributed by atoms with E-state index in [1.54, 1.807) is 6.26 Å². The van der Waals surface area contributed by atoms with Crippen LogP contribution in [0, 0.1) is 0 Å². The molecule has 2 heterocycles. The lowest BCUT2D eigenvalue weighted by atomic mass is 9.89. The number of halogens is 1. The minimum atomic E-state index is -0.131. The van der Waals surface area contributed by atoms with E-state index in [4.69, 9.17) is 4.42 Å². The first-order valence-corrected chi connectivity index (χ1v) is 10.3. The molecule has 0 amide bonds. The fraction of sp³-hybridized carbons (Fsp3) is 0.750. The predicted molar refractivity (Wildman–Crippen MR) is 120 cm³/mol. The summed E-state index contributed by atoms with van der Waals surface area (Å²) in [6.07, 6.45) is 9.15. The largest absolute Gasteiger partial charge is 0.469 e. The molecule has 3 rings (SSSR count). The van der Waals surface area contributed by atoms with Gasteiger partial charge in [0.15, 0.2) is 5.96 Å². The number of hydrogen-bond donors (Lipinski definition) is 3. The first-order chi connectivity index (χ1) is 12.8. The van der Waals surface area contributed by atoms with Gasteiger partial charge in [0.2, 0.25) is 0 Å². The van der Waals surface area contributed by atoms with Gasteiger partial charge in [-0.05, 0) is 44.7 Å². The molecule has 1 saturated carbocycles. The van der Waals surface area contributed by atoms with E-state index in [-0.39, 0.29) is 30.1 Å². The number of furan rings is 1. The Morgan fingerprint density at radius 3 is 2.70 bits per heavy atom. The average molecular weight is 490 g/mol. The minimum Gasteiger partial charge on any atom is -0.469 e. The van der Waals surface area contributed by atoms with E-state index in [2.05, 4.69) is 27.4 Å². The number of nitrogens with zero attached hydrogens (tertiary/aromatic N) is 2. The van der Waals surface area contributed by atoms with Crippen LogP contribution in [0.15, 0.2) is 27.8 Å². The monoisotopic (exact) mass is 490 g/mol. The van der Waals surface area contributed by atoms with E-state index in [0.29, 0.717) is 12.1 Å². The molecule has 0 spiro atoms. The van der Waals surface area contributed by atoms with Crippen LogP contribution < -0.4 is 10.6 Å². The van der Waals surface area contributed by atoms with Crippen molar-refractivity contribution in [3.05, 3.63) is 24.2 Å². The summed E-state index contributed by atoms with van der Waals surface area (Å²) in [5.41, 5.74) is 0. The van der Waals surface area contributed by atoms with E-state index < -0.39 is 0 Å². The summed E-state index contributed by atoms with van der Waals surface area (Å²) in [6, 6.07) is 4.73. The number of aliphatic hydroxyl groups is 1. The van der Waals surface area contributed by atoms with E-state index in [1.807, 2.05) is 12.1 Å². The fourth-order valence-corrected chi connectivity index (χ4v) is 4.14. The number of hydrogen-bond acceptors (Lipinski definition) is 4. The zero-order valence-electron chi connectivity index (χ0n) is 16.4. The first kappa shape index (κ1) is 22.5. The molecule has 1 saturated heterocycles. The lowest BCUT2D eigenvalue weighted by molar-refractivity contribution is 0.00810. The minimum absolute atomic E-state index is 0. The third kappa shape index (κ3) is 6.94. The maximum absolute atomic E-state index is 10.3. The van der Waals surface area contributed by atoms with Crippen molar-refractivity contribution < 1.29 is 9.52 Å². The summed E-state index contributed by atoms with van der Waals surface area (Å²) in [6.45, 7) is 5.79. The molecule has 2 aliphatic rings. The second-order valence-corrected chi connectivity index (χ2v) is 7.46. The third-order valence-corrected chi connectivity index (χ3v) is 5.59. The Morgan fingerprint density at radius 1 is 1.26 bits per heavy atom. The van der Waals surface area contributed by atoms with Crippen LogP contribution in [-0.4, -0.2) is 60.3 Å². The number of nitrogens with one attached hydrogen (secondary N) is 2. The Balaban J connectivity index is 0.00000261. The lowest BCUT2D eigenvalue weighted by Crippen LogP contribution is -2.53. The summed E-state index contributed by atoms with van der Waals surface area (Å²) in [4.78, 5) is 7.19. The molecule has 3 N–H and O–H groups in total. The van der Waals surface area contributed by atoms with Gasteiger partial charge in [-0.3, -0.25) is 9.89 Å². The summed E-state index contributed by atoms with van der Waals surface area (Å²) >= 11 is 0. The summed E-state index contributed by atoms with van der Waals surface area (Å²) in [7, 11) is 0. The van der Waals surface area contributed by atoms with Gasteiger partial charge < -0.3 is 20.2 Å². The molecule has 1 aliphatic carbocycles. The van der Waals surface area contributed by atoms with Crippen molar-refractivity contribution in [1.82, 2.24) is 15.5 Å². The maximum atomic E-state index is 10.3. The maximum Gasteiger partial charge on any atom is 0.191 e. The molecule has 0 bridgehead atoms. The predicted octanol–water partition coefficient (Wildman–Crippen LogP) is 2.76. The number of aliphatic hydroxyl groups excluding tert-OH is 1. The van der Waals surface area contributed by atoms with Crippen LogP contribution >= 0.6 is 24.0 Å². The van der Waals surface area contributed by atoms with E-state index >= 15 is 0 Å². The highest BCUT2D eigenvalue weighted by molar-refractivity contribution is 14.0. The van der Waals surface area contributed by atoms with Crippen molar-refractivity contribution in [3.8, 4) is 0 Å². The molecule has 2 fully saturated rings. The van der Waals surface area contributed by atoms with Crippen LogP contribution in [0.3, 0.4) is 0 Å². The topological polar surface area (TPSA) is 73.0 Å². The summed E-state index contributed by atoms with van der Waals surface area (Å²) in [5, 5.41) is 17.2. The zero-order valence-corrected chi connectivity index (χ0v) is 18.7. The molecule has 2 atom stereocenters. The van der Waals surface area contributed by atoms with Gasteiger partial charge in [0.25, 0.3) is 0 Å². The van der Waals surface area contributed by atoms with Gasteiger partial charge in [0, 0.05) is 44.7 Å². The molecule has 1 aliphatic heterocycles. The first-order valence-electron chi connectivity index (χ1n) is 10.3. The van der Waals surface area contributed by atoms with Gasteiger partial charge >= 0.3 is 0 Å². The Kier molecular flexibility index (Phi) is 9.92. The average Bonchev–Trinajstić information content (AvgIpc) is 3.17. The Bertz CT molecular complexity index is 544. The molecule has 0 aromatic carbocycles. The fourth-order valence-electron chi connectivity index (χ4n) is 4.14. The molecule has 0 radical (unpaired) electrons. The number of piperidine rings is 1. The van der Waals surface area contributed by atoms with Crippen LogP contribution in [0.1, 0.15) is 51.2 Å². The smallest absolute Gasteiger partial charge is 0.191 e. The Labute approximate surface area is 180 Å².